The van der Waals surface area contributed by atoms with Crippen LogP contribution in [0.2, 0.25) is 10.0 Å². The smallest absolute Gasteiger partial charge is 0.255 e. The lowest BCUT2D eigenvalue weighted by atomic mass is 10.2. The van der Waals surface area contributed by atoms with Gasteiger partial charge in [-0.2, -0.15) is 0 Å². The first-order chi connectivity index (χ1) is 9.04. The van der Waals surface area contributed by atoms with Crippen LogP contribution in [0.5, 0.6) is 5.75 Å². The number of nitrogens with one attached hydrogen (secondary N) is 1. The van der Waals surface area contributed by atoms with Crippen LogP contribution in [0, 0.1) is 0 Å². The first kappa shape index (κ1) is 19.3. The van der Waals surface area contributed by atoms with E-state index in [1.807, 2.05) is 0 Å². The van der Waals surface area contributed by atoms with Crippen molar-refractivity contribution in [1.82, 2.24) is 5.32 Å². The van der Waals surface area contributed by atoms with E-state index < -0.39 is 5.91 Å². The van der Waals surface area contributed by atoms with E-state index in [0.29, 0.717) is 22.3 Å². The van der Waals surface area contributed by atoms with Gasteiger partial charge in [0.2, 0.25) is 0 Å². The molecule has 3 N–H and O–H groups in total. The molecular weight excluding hydrogens is 323 g/mol. The van der Waals surface area contributed by atoms with Crippen LogP contribution in [0.15, 0.2) is 12.1 Å². The zero-order valence-corrected chi connectivity index (χ0v) is 13.6. The van der Waals surface area contributed by atoms with E-state index in [4.69, 9.17) is 33.7 Å². The molecule has 0 aromatic heterocycles. The monoisotopic (exact) mass is 340 g/mol. The molecule has 0 spiro atoms. The van der Waals surface area contributed by atoms with Crippen molar-refractivity contribution >= 4 is 41.5 Å². The summed E-state index contributed by atoms with van der Waals surface area (Å²) in [6.07, 6.45) is 2.21. The van der Waals surface area contributed by atoms with E-state index in [2.05, 4.69) is 12.2 Å². The van der Waals surface area contributed by atoms with Crippen LogP contribution in [0.25, 0.3) is 0 Å². The minimum atomic E-state index is -0.545. The van der Waals surface area contributed by atoms with Crippen LogP contribution < -0.4 is 15.8 Å². The Hall–Kier alpha value is -0.680. The molecule has 0 radical (unpaired) electrons. The molecule has 0 heterocycles. The van der Waals surface area contributed by atoms with Gasteiger partial charge in [-0.3, -0.25) is 4.79 Å². The average molecular weight is 342 g/mol. The zero-order valence-electron chi connectivity index (χ0n) is 11.2. The summed E-state index contributed by atoms with van der Waals surface area (Å²) in [4.78, 5) is 10.8. The lowest BCUT2D eigenvalue weighted by Gasteiger charge is -2.13. The molecule has 1 rings (SSSR count). The second-order valence-corrected chi connectivity index (χ2v) is 5.00. The number of nitrogens with two attached hydrogens (primary N) is 1. The number of carbonyl (C=O) groups is 1. The van der Waals surface area contributed by atoms with Gasteiger partial charge in [0, 0.05) is 17.1 Å². The van der Waals surface area contributed by atoms with Crippen LogP contribution in [0.1, 0.15) is 25.3 Å². The summed E-state index contributed by atoms with van der Waals surface area (Å²) in [5, 5.41) is 4.18. The van der Waals surface area contributed by atoms with Crippen LogP contribution in [0.4, 0.5) is 0 Å². The van der Waals surface area contributed by atoms with Crippen LogP contribution >= 0.6 is 35.6 Å². The van der Waals surface area contributed by atoms with Gasteiger partial charge in [-0.25, -0.2) is 0 Å². The molecule has 0 aliphatic heterocycles. The van der Waals surface area contributed by atoms with Gasteiger partial charge in [-0.1, -0.05) is 36.5 Å². The number of benzene rings is 1. The van der Waals surface area contributed by atoms with Gasteiger partial charge < -0.3 is 15.8 Å². The van der Waals surface area contributed by atoms with Crippen molar-refractivity contribution < 1.29 is 9.53 Å². The molecule has 0 fully saturated rings. The van der Waals surface area contributed by atoms with Crippen molar-refractivity contribution in [3.8, 4) is 5.75 Å². The molecule has 20 heavy (non-hydrogen) atoms. The number of rotatable bonds is 8. The highest BCUT2D eigenvalue weighted by Crippen LogP contribution is 2.32. The third kappa shape index (κ3) is 6.66. The summed E-state index contributed by atoms with van der Waals surface area (Å²) in [5.74, 6) is -0.0928. The number of amides is 1. The highest BCUT2D eigenvalue weighted by Gasteiger charge is 2.11. The lowest BCUT2D eigenvalue weighted by molar-refractivity contribution is -0.119. The van der Waals surface area contributed by atoms with Gasteiger partial charge >= 0.3 is 0 Å². The average Bonchev–Trinajstić information content (AvgIpc) is 2.33. The molecule has 1 aromatic carbocycles. The number of hydrogen-bond acceptors (Lipinski definition) is 3. The highest BCUT2D eigenvalue weighted by molar-refractivity contribution is 6.35. The van der Waals surface area contributed by atoms with E-state index in [9.17, 15) is 4.79 Å². The highest BCUT2D eigenvalue weighted by atomic mass is 35.5. The first-order valence-electron chi connectivity index (χ1n) is 6.14. The normalized spacial score (nSPS) is 9.95. The Morgan fingerprint density at radius 1 is 1.40 bits per heavy atom. The summed E-state index contributed by atoms with van der Waals surface area (Å²) in [7, 11) is 0. The molecule has 114 valence electrons. The standard InChI is InChI=1S/C13H18Cl2N2O2.ClH/c1-2-3-4-17-7-9-5-10(14)6-11(15)13(9)19-8-12(16)18;/h5-6,17H,2-4,7-8H2,1H3,(H2,16,18);1H. The molecule has 1 aromatic rings. The Balaban J connectivity index is 0.00000361. The number of hydrogen-bond donors (Lipinski definition) is 2. The predicted molar refractivity (Wildman–Crippen MR) is 85.0 cm³/mol. The summed E-state index contributed by atoms with van der Waals surface area (Å²) in [5.41, 5.74) is 5.88. The molecule has 0 saturated carbocycles. The van der Waals surface area contributed by atoms with Crippen molar-refractivity contribution in [2.45, 2.75) is 26.3 Å². The van der Waals surface area contributed by atoms with Crippen molar-refractivity contribution in [3.05, 3.63) is 27.7 Å². The van der Waals surface area contributed by atoms with E-state index >= 15 is 0 Å². The van der Waals surface area contributed by atoms with Crippen molar-refractivity contribution in [1.29, 1.82) is 0 Å². The Morgan fingerprint density at radius 3 is 2.70 bits per heavy atom. The maximum absolute atomic E-state index is 10.8. The topological polar surface area (TPSA) is 64.3 Å². The van der Waals surface area contributed by atoms with Crippen molar-refractivity contribution in [2.24, 2.45) is 5.73 Å². The Bertz CT molecular complexity index is 442. The van der Waals surface area contributed by atoms with Gasteiger partial charge in [-0.15, -0.1) is 12.4 Å². The molecule has 0 unspecified atom stereocenters. The fourth-order valence-electron chi connectivity index (χ4n) is 1.57. The fourth-order valence-corrected chi connectivity index (χ4v) is 2.16. The van der Waals surface area contributed by atoms with Crippen molar-refractivity contribution in [3.63, 3.8) is 0 Å². The minimum Gasteiger partial charge on any atom is -0.482 e. The third-order valence-electron chi connectivity index (χ3n) is 2.47. The molecule has 0 aliphatic carbocycles. The Labute approximate surface area is 135 Å². The largest absolute Gasteiger partial charge is 0.482 e. The first-order valence-corrected chi connectivity index (χ1v) is 6.90. The van der Waals surface area contributed by atoms with Gasteiger partial charge in [0.1, 0.15) is 5.75 Å². The lowest BCUT2D eigenvalue weighted by Crippen LogP contribution is -2.21. The maximum atomic E-state index is 10.8. The molecule has 1 amide bonds. The number of unbranched alkanes of at least 4 members (excludes halogenated alkanes) is 1. The van der Waals surface area contributed by atoms with Gasteiger partial charge in [0.05, 0.1) is 5.02 Å². The fraction of sp³-hybridized carbons (Fsp3) is 0.462. The van der Waals surface area contributed by atoms with Gasteiger partial charge in [0.15, 0.2) is 6.61 Å². The number of ether oxygens (including phenoxy) is 1. The predicted octanol–water partition coefficient (Wildman–Crippen LogP) is 3.17. The molecule has 4 nitrogen and oxygen atoms in total. The molecular formula is C13H19Cl3N2O2. The Morgan fingerprint density at radius 2 is 2.10 bits per heavy atom. The second-order valence-electron chi connectivity index (χ2n) is 4.16. The summed E-state index contributed by atoms with van der Waals surface area (Å²) in [6, 6.07) is 3.34. The number of carbonyl (C=O) groups excluding carboxylic acids is 1. The summed E-state index contributed by atoms with van der Waals surface area (Å²) < 4.78 is 5.34. The molecule has 0 bridgehead atoms. The zero-order chi connectivity index (χ0) is 14.3. The summed E-state index contributed by atoms with van der Waals surface area (Å²) in [6.45, 7) is 3.40. The number of primary amides is 1. The molecule has 7 heteroatoms. The maximum Gasteiger partial charge on any atom is 0.255 e. The van der Waals surface area contributed by atoms with E-state index in [0.717, 1.165) is 24.9 Å². The van der Waals surface area contributed by atoms with E-state index in [-0.39, 0.29) is 19.0 Å². The second kappa shape index (κ2) is 10.1. The number of halogens is 3. The minimum absolute atomic E-state index is 0. The van der Waals surface area contributed by atoms with Crippen molar-refractivity contribution in [2.75, 3.05) is 13.2 Å². The molecule has 0 atom stereocenters. The van der Waals surface area contributed by atoms with Crippen LogP contribution in [-0.4, -0.2) is 19.1 Å². The summed E-state index contributed by atoms with van der Waals surface area (Å²) >= 11 is 12.0. The van der Waals surface area contributed by atoms with Crippen LogP contribution in [-0.2, 0) is 11.3 Å². The molecule has 0 aliphatic rings. The van der Waals surface area contributed by atoms with E-state index in [1.165, 1.54) is 0 Å². The molecule has 0 saturated heterocycles. The Kier molecular flexibility index (Phi) is 9.76. The quantitative estimate of drug-likeness (QED) is 0.714. The SMILES string of the molecule is CCCCNCc1cc(Cl)cc(Cl)c1OCC(N)=O.Cl. The van der Waals surface area contributed by atoms with Gasteiger partial charge in [-0.05, 0) is 25.1 Å². The van der Waals surface area contributed by atoms with E-state index in [1.54, 1.807) is 12.1 Å². The van der Waals surface area contributed by atoms with Crippen LogP contribution in [0.3, 0.4) is 0 Å². The third-order valence-corrected chi connectivity index (χ3v) is 2.97. The van der Waals surface area contributed by atoms with Gasteiger partial charge in [0.25, 0.3) is 5.91 Å².